The van der Waals surface area contributed by atoms with Gasteiger partial charge in [0.25, 0.3) is 11.5 Å². The zero-order valence-electron chi connectivity index (χ0n) is 25.1. The van der Waals surface area contributed by atoms with Crippen LogP contribution in [0.3, 0.4) is 0 Å². The van der Waals surface area contributed by atoms with Gasteiger partial charge in [-0.1, -0.05) is 13.8 Å². The maximum atomic E-state index is 14.3. The van der Waals surface area contributed by atoms with Gasteiger partial charge in [-0.2, -0.15) is 12.6 Å². The number of hydrogen-bond acceptors (Lipinski definition) is 7. The van der Waals surface area contributed by atoms with Gasteiger partial charge < -0.3 is 18.9 Å². The number of carbonyl (C=O) groups excluding carboxylic acids is 1. The van der Waals surface area contributed by atoms with Gasteiger partial charge in [0.2, 0.25) is 0 Å². The van der Waals surface area contributed by atoms with Crippen molar-refractivity contribution in [3.05, 3.63) is 45.4 Å². The highest BCUT2D eigenvalue weighted by Crippen LogP contribution is 2.41. The first kappa shape index (κ1) is 33.4. The zero-order valence-corrected chi connectivity index (χ0v) is 26.8. The Hall–Kier alpha value is -3.13. The summed E-state index contributed by atoms with van der Waals surface area (Å²) < 4.78 is 57.3. The Morgan fingerprint density at radius 2 is 1.83 bits per heavy atom. The molecule has 3 aromatic rings. The van der Waals surface area contributed by atoms with Crippen molar-refractivity contribution >= 4 is 46.2 Å². The Kier molecular flexibility index (Phi) is 11.4. The van der Waals surface area contributed by atoms with Gasteiger partial charge in [-0.3, -0.25) is 13.9 Å². The molecule has 1 aromatic carbocycles. The Labute approximate surface area is 252 Å². The molecule has 0 N–H and O–H groups in total. The molecule has 0 radical (unpaired) electrons. The van der Waals surface area contributed by atoms with E-state index in [1.54, 1.807) is 22.8 Å². The molecule has 2 aliphatic rings. The number of aromatic nitrogens is 3. The van der Waals surface area contributed by atoms with E-state index in [-0.39, 0.29) is 64.8 Å². The number of amides is 1. The molecule has 10 nitrogen and oxygen atoms in total. The van der Waals surface area contributed by atoms with E-state index in [0.29, 0.717) is 31.4 Å². The first-order valence-electron chi connectivity index (χ1n) is 13.9. The molecule has 4 heterocycles. The van der Waals surface area contributed by atoms with E-state index in [1.165, 1.54) is 11.4 Å². The number of carbonyl (C=O) groups is 1. The molecule has 14 heteroatoms. The molecule has 1 amide bonds. The number of fused-ring (bicyclic) bond motifs is 7. The summed E-state index contributed by atoms with van der Waals surface area (Å²) in [6.07, 6.45) is 2.76. The number of nitrogens with zero attached hydrogens (tertiary/aromatic N) is 5. The summed E-state index contributed by atoms with van der Waals surface area (Å²) in [6.45, 7) is 8.65. The predicted octanol–water partition coefficient (Wildman–Crippen LogP) is 4.41. The molecule has 0 saturated carbocycles. The van der Waals surface area contributed by atoms with Crippen molar-refractivity contribution in [2.75, 3.05) is 50.2 Å². The van der Waals surface area contributed by atoms with E-state index in [4.69, 9.17) is 9.47 Å². The van der Waals surface area contributed by atoms with Gasteiger partial charge >= 0.3 is 0 Å². The van der Waals surface area contributed by atoms with Crippen LogP contribution < -0.4 is 19.3 Å². The smallest absolute Gasteiger partial charge is 0.280 e. The fraction of sp³-hybridized carbons (Fsp3) is 0.536. The Morgan fingerprint density at radius 1 is 1.17 bits per heavy atom. The normalized spacial score (nSPS) is 18.6. The maximum Gasteiger partial charge on any atom is 0.280 e. The van der Waals surface area contributed by atoms with Crippen LogP contribution in [-0.4, -0.2) is 75.2 Å². The number of anilines is 1. The summed E-state index contributed by atoms with van der Waals surface area (Å²) in [5.41, 5.74) is 0.201. The number of hydrogen-bond donors (Lipinski definition) is 1. The SMILES string of the molecule is CC.CCN1CC(C)n2c(c(OC)c3c(=O)n4nc(c32)N(C)S(=O)CCCCOc2cc(F)c(F)cc2C4)C1=O.CS. The lowest BCUT2D eigenvalue weighted by molar-refractivity contribution is 0.0685. The van der Waals surface area contributed by atoms with Crippen LogP contribution in [0.4, 0.5) is 14.6 Å². The minimum atomic E-state index is -1.52. The van der Waals surface area contributed by atoms with Gasteiger partial charge in [0, 0.05) is 43.6 Å². The number of halogens is 2. The standard InChI is InChI=1S/C25H29F2N5O5S.C2H6.CH4S/c1-5-30-12-14(2)32-20-19(22(36-4)21(32)25(30)34)24(33)31-13-15-10-16(26)17(27)11-18(15)37-8-6-7-9-38(35)29(3)23(20)28-31;2*1-2/h10-11,14H,5-9,12-13H2,1-4H3;1-2H3;2H,1H3. The number of methoxy groups -OCH3 is 1. The molecule has 232 valence electrons. The Morgan fingerprint density at radius 3 is 2.48 bits per heavy atom. The molecule has 42 heavy (non-hydrogen) atoms. The lowest BCUT2D eigenvalue weighted by Crippen LogP contribution is -2.42. The quantitative estimate of drug-likeness (QED) is 0.423. The van der Waals surface area contributed by atoms with Crippen LogP contribution in [0.1, 0.15) is 62.6 Å². The third-order valence-corrected chi connectivity index (χ3v) is 8.46. The first-order valence-corrected chi connectivity index (χ1v) is 16.0. The van der Waals surface area contributed by atoms with E-state index < -0.39 is 28.2 Å². The lowest BCUT2D eigenvalue weighted by atomic mass is 10.1. The second kappa shape index (κ2) is 14.4. The fourth-order valence-corrected chi connectivity index (χ4v) is 6.16. The van der Waals surface area contributed by atoms with Gasteiger partial charge in [-0.15, -0.1) is 5.10 Å². The minimum absolute atomic E-state index is 0.0958. The van der Waals surface area contributed by atoms with Crippen LogP contribution in [0, 0.1) is 11.6 Å². The van der Waals surface area contributed by atoms with Crippen molar-refractivity contribution in [1.29, 1.82) is 0 Å². The molecular formula is C28H39F2N5O5S2. The van der Waals surface area contributed by atoms with Gasteiger partial charge in [0.1, 0.15) is 27.6 Å². The van der Waals surface area contributed by atoms with Crippen LogP contribution in [0.15, 0.2) is 16.9 Å². The topological polar surface area (TPSA) is 98.9 Å². The average molecular weight is 628 g/mol. The van der Waals surface area contributed by atoms with Gasteiger partial charge in [-0.05, 0) is 39.0 Å². The van der Waals surface area contributed by atoms with Crippen molar-refractivity contribution in [2.24, 2.45) is 0 Å². The number of rotatable bonds is 2. The fourth-order valence-electron chi connectivity index (χ4n) is 5.12. The van der Waals surface area contributed by atoms with Crippen molar-refractivity contribution in [3.8, 4) is 11.5 Å². The second-order valence-electron chi connectivity index (χ2n) is 9.41. The van der Waals surface area contributed by atoms with E-state index >= 15 is 0 Å². The molecule has 0 aliphatic carbocycles. The summed E-state index contributed by atoms with van der Waals surface area (Å²) in [5.74, 6) is -1.74. The van der Waals surface area contributed by atoms with E-state index in [0.717, 1.165) is 16.8 Å². The molecule has 0 spiro atoms. The Balaban J connectivity index is 0.00000116. The van der Waals surface area contributed by atoms with Crippen LogP contribution in [0.25, 0.3) is 10.9 Å². The van der Waals surface area contributed by atoms with Crippen LogP contribution in [0.2, 0.25) is 0 Å². The van der Waals surface area contributed by atoms with Crippen molar-refractivity contribution in [3.63, 3.8) is 0 Å². The van der Waals surface area contributed by atoms with Gasteiger partial charge in [0.15, 0.2) is 28.9 Å². The van der Waals surface area contributed by atoms with Crippen molar-refractivity contribution in [1.82, 2.24) is 19.2 Å². The minimum Gasteiger partial charge on any atom is -0.493 e. The van der Waals surface area contributed by atoms with E-state index in [9.17, 15) is 22.6 Å². The largest absolute Gasteiger partial charge is 0.493 e. The summed E-state index contributed by atoms with van der Waals surface area (Å²) in [7, 11) is 1.48. The third-order valence-electron chi connectivity index (χ3n) is 7.04. The highest BCUT2D eigenvalue weighted by Gasteiger charge is 2.38. The van der Waals surface area contributed by atoms with E-state index in [2.05, 4.69) is 17.7 Å². The van der Waals surface area contributed by atoms with Crippen LogP contribution >= 0.6 is 12.6 Å². The van der Waals surface area contributed by atoms with Gasteiger partial charge in [-0.25, -0.2) is 17.7 Å². The second-order valence-corrected chi connectivity index (χ2v) is 11.0. The first-order chi connectivity index (χ1) is 20.2. The third kappa shape index (κ3) is 6.01. The molecule has 2 unspecified atom stereocenters. The Bertz CT molecular complexity index is 1530. The summed E-state index contributed by atoms with van der Waals surface area (Å²) >= 11 is 3.53. The summed E-state index contributed by atoms with van der Waals surface area (Å²) in [5, 5.41) is 4.67. The van der Waals surface area contributed by atoms with Crippen molar-refractivity contribution < 1.29 is 27.3 Å². The highest BCUT2D eigenvalue weighted by molar-refractivity contribution is 7.86. The molecule has 0 fully saturated rings. The number of likely N-dealkylation sites (N-methyl/N-ethyl adjacent to an activating group) is 1. The monoisotopic (exact) mass is 627 g/mol. The molecule has 5 rings (SSSR count). The average Bonchev–Trinajstić information content (AvgIpc) is 3.36. The lowest BCUT2D eigenvalue weighted by Gasteiger charge is -2.33. The predicted molar refractivity (Wildman–Crippen MR) is 165 cm³/mol. The molecule has 2 aromatic heterocycles. The van der Waals surface area contributed by atoms with E-state index in [1.807, 2.05) is 27.7 Å². The highest BCUT2D eigenvalue weighted by atomic mass is 32.2. The molecular weight excluding hydrogens is 588 g/mol. The summed E-state index contributed by atoms with van der Waals surface area (Å²) in [6, 6.07) is 1.72. The molecule has 2 aliphatic heterocycles. The summed E-state index contributed by atoms with van der Waals surface area (Å²) in [4.78, 5) is 29.0. The number of ether oxygens (including phenoxy) is 2. The number of thiol groups is 1. The van der Waals surface area contributed by atoms with Crippen LogP contribution in [-0.2, 0) is 17.5 Å². The van der Waals surface area contributed by atoms with Crippen molar-refractivity contribution in [2.45, 2.75) is 53.1 Å². The van der Waals surface area contributed by atoms with Gasteiger partial charge in [0.05, 0.1) is 20.3 Å². The molecule has 2 bridgehead atoms. The maximum absolute atomic E-state index is 14.3. The molecule has 2 atom stereocenters. The zero-order chi connectivity index (χ0) is 31.3. The molecule has 0 saturated heterocycles. The number of benzene rings is 1. The van der Waals surface area contributed by atoms with Crippen LogP contribution in [0.5, 0.6) is 11.5 Å².